The molecule has 1 rings (SSSR count). The average molecular weight is 292 g/mol. The summed E-state index contributed by atoms with van der Waals surface area (Å²) in [4.78, 5) is 0. The van der Waals surface area contributed by atoms with Crippen LogP contribution < -0.4 is 0 Å². The third-order valence-corrected chi connectivity index (χ3v) is 2.82. The van der Waals surface area contributed by atoms with Gasteiger partial charge in [-0.25, -0.2) is 0 Å². The van der Waals surface area contributed by atoms with E-state index >= 15 is 0 Å². The lowest BCUT2D eigenvalue weighted by atomic mass is 9.99. The van der Waals surface area contributed by atoms with Gasteiger partial charge in [-0.15, -0.1) is 0 Å². The van der Waals surface area contributed by atoms with Gasteiger partial charge in [0.05, 0.1) is 17.8 Å². The first-order valence-electron chi connectivity index (χ1n) is 6.92. The van der Waals surface area contributed by atoms with Gasteiger partial charge in [0.1, 0.15) is 24.4 Å². The number of ether oxygens (including phenoxy) is 3. The van der Waals surface area contributed by atoms with Crippen molar-refractivity contribution in [2.24, 2.45) is 0 Å². The van der Waals surface area contributed by atoms with Crippen molar-refractivity contribution in [1.82, 2.24) is 0 Å². The molecule has 0 amide bonds. The third-order valence-electron chi connectivity index (χ3n) is 2.82. The second-order valence-electron chi connectivity index (χ2n) is 7.17. The molecule has 20 heavy (non-hydrogen) atoms. The van der Waals surface area contributed by atoms with Crippen molar-refractivity contribution >= 4 is 0 Å². The Morgan fingerprint density at radius 3 is 1.85 bits per heavy atom. The Kier molecular flexibility index (Phi) is 5.57. The standard InChI is InChI=1S/C14H28O6/c1-13(2,3)18-7-8-9(15)10(16)11(17)12(19-8)20-14(4,5)6/h8-12,15-17H,7H2,1-6H3/t8?,9-,10+,11-,12-/m1/s1. The second kappa shape index (κ2) is 6.25. The summed E-state index contributed by atoms with van der Waals surface area (Å²) in [7, 11) is 0. The Bertz CT molecular complexity index is 304. The summed E-state index contributed by atoms with van der Waals surface area (Å²) in [6.45, 7) is 11.2. The van der Waals surface area contributed by atoms with Gasteiger partial charge in [0.2, 0.25) is 0 Å². The van der Waals surface area contributed by atoms with Crippen molar-refractivity contribution in [1.29, 1.82) is 0 Å². The molecular weight excluding hydrogens is 264 g/mol. The summed E-state index contributed by atoms with van der Waals surface area (Å²) in [6.07, 6.45) is -5.59. The molecule has 6 nitrogen and oxygen atoms in total. The molecule has 1 unspecified atom stereocenters. The maximum atomic E-state index is 9.95. The van der Waals surface area contributed by atoms with E-state index in [4.69, 9.17) is 14.2 Å². The fourth-order valence-corrected chi connectivity index (χ4v) is 1.83. The fourth-order valence-electron chi connectivity index (χ4n) is 1.83. The molecule has 0 aromatic carbocycles. The zero-order chi connectivity index (χ0) is 15.7. The van der Waals surface area contributed by atoms with Crippen LogP contribution in [0.3, 0.4) is 0 Å². The molecule has 6 heteroatoms. The van der Waals surface area contributed by atoms with E-state index in [1.807, 2.05) is 41.5 Å². The van der Waals surface area contributed by atoms with Crippen LogP contribution in [0.1, 0.15) is 41.5 Å². The van der Waals surface area contributed by atoms with E-state index in [9.17, 15) is 15.3 Å². The van der Waals surface area contributed by atoms with Gasteiger partial charge in [-0.05, 0) is 41.5 Å². The molecule has 0 aliphatic carbocycles. The minimum Gasteiger partial charge on any atom is -0.387 e. The van der Waals surface area contributed by atoms with E-state index in [1.165, 1.54) is 0 Å². The van der Waals surface area contributed by atoms with Gasteiger partial charge in [-0.3, -0.25) is 0 Å². The van der Waals surface area contributed by atoms with Gasteiger partial charge in [-0.2, -0.15) is 0 Å². The van der Waals surface area contributed by atoms with E-state index in [2.05, 4.69) is 0 Å². The molecule has 0 saturated carbocycles. The van der Waals surface area contributed by atoms with Crippen molar-refractivity contribution in [3.05, 3.63) is 0 Å². The molecule has 120 valence electrons. The molecular formula is C14H28O6. The highest BCUT2D eigenvalue weighted by Crippen LogP contribution is 2.26. The lowest BCUT2D eigenvalue weighted by molar-refractivity contribution is -0.324. The molecule has 0 aromatic heterocycles. The first-order valence-corrected chi connectivity index (χ1v) is 6.92. The maximum Gasteiger partial charge on any atom is 0.187 e. The zero-order valence-corrected chi connectivity index (χ0v) is 13.2. The summed E-state index contributed by atoms with van der Waals surface area (Å²) >= 11 is 0. The second-order valence-corrected chi connectivity index (χ2v) is 7.17. The first kappa shape index (κ1) is 17.8. The zero-order valence-electron chi connectivity index (χ0n) is 13.2. The summed E-state index contributed by atoms with van der Waals surface area (Å²) in [5.74, 6) is 0. The van der Waals surface area contributed by atoms with Crippen LogP contribution in [0, 0.1) is 0 Å². The lowest BCUT2D eigenvalue weighted by Gasteiger charge is -2.42. The van der Waals surface area contributed by atoms with Crippen LogP contribution in [-0.4, -0.2) is 63.8 Å². The monoisotopic (exact) mass is 292 g/mol. The van der Waals surface area contributed by atoms with Gasteiger partial charge < -0.3 is 29.5 Å². The summed E-state index contributed by atoms with van der Waals surface area (Å²) < 4.78 is 16.7. The summed E-state index contributed by atoms with van der Waals surface area (Å²) in [5, 5.41) is 29.8. The number of hydrogen-bond acceptors (Lipinski definition) is 6. The van der Waals surface area contributed by atoms with Crippen LogP contribution in [0.5, 0.6) is 0 Å². The van der Waals surface area contributed by atoms with E-state index in [1.54, 1.807) is 0 Å². The molecule has 1 fully saturated rings. The molecule has 0 spiro atoms. The molecule has 0 radical (unpaired) electrons. The summed E-state index contributed by atoms with van der Waals surface area (Å²) in [6, 6.07) is 0. The largest absolute Gasteiger partial charge is 0.387 e. The third kappa shape index (κ3) is 5.27. The Labute approximate surface area is 120 Å². The van der Waals surface area contributed by atoms with Crippen molar-refractivity contribution in [3.63, 3.8) is 0 Å². The molecule has 0 bridgehead atoms. The van der Waals surface area contributed by atoms with Crippen molar-refractivity contribution in [3.8, 4) is 0 Å². The smallest absolute Gasteiger partial charge is 0.187 e. The van der Waals surface area contributed by atoms with Gasteiger partial charge in [-0.1, -0.05) is 0 Å². The number of aliphatic hydroxyl groups is 3. The molecule has 5 atom stereocenters. The highest BCUT2D eigenvalue weighted by atomic mass is 16.7. The van der Waals surface area contributed by atoms with E-state index in [0.717, 1.165) is 0 Å². The molecule has 1 heterocycles. The Morgan fingerprint density at radius 2 is 1.40 bits per heavy atom. The predicted octanol–water partition coefficient (Wildman–Crippen LogP) is 0.424. The topological polar surface area (TPSA) is 88.4 Å². The molecule has 0 aromatic rings. The van der Waals surface area contributed by atoms with Crippen LogP contribution in [0.2, 0.25) is 0 Å². The first-order chi connectivity index (χ1) is 8.91. The predicted molar refractivity (Wildman–Crippen MR) is 73.2 cm³/mol. The number of hydrogen-bond donors (Lipinski definition) is 3. The summed E-state index contributed by atoms with van der Waals surface area (Å²) in [5.41, 5.74) is -0.923. The molecule has 1 aliphatic rings. The minimum atomic E-state index is -1.33. The SMILES string of the molecule is CC(C)(C)OCC1O[C@H](OC(C)(C)C)[C@H](O)[C@@H](O)[C@@H]1O. The Morgan fingerprint density at radius 1 is 0.850 bits per heavy atom. The van der Waals surface area contributed by atoms with E-state index < -0.39 is 36.3 Å². The molecule has 1 aliphatic heterocycles. The van der Waals surface area contributed by atoms with Crippen LogP contribution in [-0.2, 0) is 14.2 Å². The molecule has 3 N–H and O–H groups in total. The highest BCUT2D eigenvalue weighted by Gasteiger charge is 2.45. The van der Waals surface area contributed by atoms with Gasteiger partial charge in [0.25, 0.3) is 0 Å². The normalized spacial score (nSPS) is 36.1. The van der Waals surface area contributed by atoms with Crippen LogP contribution >= 0.6 is 0 Å². The fraction of sp³-hybridized carbons (Fsp3) is 1.00. The van der Waals surface area contributed by atoms with E-state index in [0.29, 0.717) is 0 Å². The maximum absolute atomic E-state index is 9.95. The lowest BCUT2D eigenvalue weighted by Crippen LogP contribution is -2.60. The van der Waals surface area contributed by atoms with Gasteiger partial charge in [0, 0.05) is 0 Å². The van der Waals surface area contributed by atoms with Crippen LogP contribution in [0.25, 0.3) is 0 Å². The number of rotatable bonds is 3. The average Bonchev–Trinajstić information content (AvgIpc) is 2.25. The van der Waals surface area contributed by atoms with Crippen LogP contribution in [0.15, 0.2) is 0 Å². The van der Waals surface area contributed by atoms with Crippen LogP contribution in [0.4, 0.5) is 0 Å². The Balaban J connectivity index is 2.71. The van der Waals surface area contributed by atoms with Crippen molar-refractivity contribution in [2.45, 2.75) is 83.5 Å². The quantitative estimate of drug-likeness (QED) is 0.699. The minimum absolute atomic E-state index is 0.110. The number of aliphatic hydroxyl groups excluding tert-OH is 3. The van der Waals surface area contributed by atoms with Gasteiger partial charge in [0.15, 0.2) is 6.29 Å². The van der Waals surface area contributed by atoms with E-state index in [-0.39, 0.29) is 12.2 Å². The highest BCUT2D eigenvalue weighted by molar-refractivity contribution is 4.90. The molecule has 1 saturated heterocycles. The van der Waals surface area contributed by atoms with Gasteiger partial charge >= 0.3 is 0 Å². The van der Waals surface area contributed by atoms with Crippen molar-refractivity contribution in [2.75, 3.05) is 6.61 Å². The van der Waals surface area contributed by atoms with Crippen molar-refractivity contribution < 1.29 is 29.5 Å². The Hall–Kier alpha value is -0.240.